The molecule has 0 aliphatic carbocycles. The van der Waals surface area contributed by atoms with Crippen molar-refractivity contribution in [3.8, 4) is 0 Å². The van der Waals surface area contributed by atoms with E-state index in [0.717, 1.165) is 56.0 Å². The van der Waals surface area contributed by atoms with Crippen LogP contribution in [0, 0.1) is 5.92 Å². The Morgan fingerprint density at radius 1 is 1.39 bits per heavy atom. The minimum Gasteiger partial charge on any atom is -0.396 e. The van der Waals surface area contributed by atoms with Gasteiger partial charge in [-0.05, 0) is 25.2 Å². The van der Waals surface area contributed by atoms with Crippen molar-refractivity contribution in [1.82, 2.24) is 9.78 Å². The number of aromatic nitrogens is 2. The number of nitrogens with two attached hydrogens (primary N) is 1. The quantitative estimate of drug-likeness (QED) is 0.844. The molecule has 1 aromatic heterocycles. The van der Waals surface area contributed by atoms with Gasteiger partial charge in [0.1, 0.15) is 5.82 Å². The maximum atomic E-state index is 9.17. The largest absolute Gasteiger partial charge is 0.396 e. The van der Waals surface area contributed by atoms with Crippen molar-refractivity contribution < 1.29 is 5.11 Å². The zero-order valence-corrected chi connectivity index (χ0v) is 11.4. The first kappa shape index (κ1) is 13.2. The van der Waals surface area contributed by atoms with Gasteiger partial charge in [-0.1, -0.05) is 13.3 Å². The number of hydrogen-bond donors (Lipinski definition) is 2. The Bertz CT molecular complexity index is 394. The summed E-state index contributed by atoms with van der Waals surface area (Å²) in [5, 5.41) is 13.7. The van der Waals surface area contributed by atoms with Crippen molar-refractivity contribution in [1.29, 1.82) is 0 Å². The monoisotopic (exact) mass is 252 g/mol. The van der Waals surface area contributed by atoms with Gasteiger partial charge in [0, 0.05) is 26.7 Å². The van der Waals surface area contributed by atoms with Crippen LogP contribution in [0.4, 0.5) is 11.5 Å². The van der Waals surface area contributed by atoms with Gasteiger partial charge in [0.25, 0.3) is 0 Å². The highest BCUT2D eigenvalue weighted by Gasteiger charge is 2.24. The van der Waals surface area contributed by atoms with E-state index in [2.05, 4.69) is 16.9 Å². The van der Waals surface area contributed by atoms with Gasteiger partial charge in [0.15, 0.2) is 0 Å². The fourth-order valence-corrected chi connectivity index (χ4v) is 2.71. The summed E-state index contributed by atoms with van der Waals surface area (Å²) in [6.45, 7) is 4.36. The Morgan fingerprint density at radius 3 is 2.61 bits per heavy atom. The number of hydrogen-bond acceptors (Lipinski definition) is 4. The van der Waals surface area contributed by atoms with Crippen molar-refractivity contribution in [2.24, 2.45) is 13.0 Å². The number of piperidine rings is 1. The van der Waals surface area contributed by atoms with Crippen LogP contribution in [0.15, 0.2) is 0 Å². The van der Waals surface area contributed by atoms with Crippen LogP contribution in [-0.2, 0) is 13.5 Å². The third-order valence-corrected chi connectivity index (χ3v) is 3.79. The molecule has 0 bridgehead atoms. The molecule has 2 rings (SSSR count). The fraction of sp³-hybridized carbons (Fsp3) is 0.769. The summed E-state index contributed by atoms with van der Waals surface area (Å²) in [4.78, 5) is 2.30. The summed E-state index contributed by atoms with van der Waals surface area (Å²) in [7, 11) is 1.96. The van der Waals surface area contributed by atoms with Crippen LogP contribution in [0.2, 0.25) is 0 Å². The molecule has 0 atom stereocenters. The third-order valence-electron chi connectivity index (χ3n) is 3.79. The molecule has 1 aliphatic heterocycles. The standard InChI is InChI=1S/C13H24N4O/c1-3-4-11-12(14)13(16(2)15-11)17-7-5-10(9-18)6-8-17/h10,18H,3-9,14H2,1-2H3. The van der Waals surface area contributed by atoms with Crippen molar-refractivity contribution in [2.75, 3.05) is 30.3 Å². The van der Waals surface area contributed by atoms with Crippen LogP contribution in [0.3, 0.4) is 0 Å². The molecule has 0 aromatic carbocycles. The summed E-state index contributed by atoms with van der Waals surface area (Å²) in [6.07, 6.45) is 4.06. The molecule has 0 saturated carbocycles. The summed E-state index contributed by atoms with van der Waals surface area (Å²) < 4.78 is 1.90. The Hall–Kier alpha value is -1.23. The number of aliphatic hydroxyl groups excluding tert-OH is 1. The van der Waals surface area contributed by atoms with Crippen LogP contribution in [0.1, 0.15) is 31.9 Å². The molecule has 0 spiro atoms. The summed E-state index contributed by atoms with van der Waals surface area (Å²) >= 11 is 0. The second kappa shape index (κ2) is 5.61. The predicted molar refractivity (Wildman–Crippen MR) is 73.6 cm³/mol. The van der Waals surface area contributed by atoms with Crippen LogP contribution in [0.5, 0.6) is 0 Å². The summed E-state index contributed by atoms with van der Waals surface area (Å²) in [6, 6.07) is 0. The lowest BCUT2D eigenvalue weighted by Crippen LogP contribution is -2.36. The molecule has 1 aromatic rings. The smallest absolute Gasteiger partial charge is 0.150 e. The van der Waals surface area contributed by atoms with Crippen LogP contribution < -0.4 is 10.6 Å². The molecule has 1 saturated heterocycles. The van der Waals surface area contributed by atoms with Crippen molar-refractivity contribution in [3.05, 3.63) is 5.69 Å². The molecule has 0 radical (unpaired) electrons. The van der Waals surface area contributed by atoms with Gasteiger partial charge in [-0.25, -0.2) is 0 Å². The number of rotatable bonds is 4. The Labute approximate surface area is 109 Å². The van der Waals surface area contributed by atoms with E-state index in [9.17, 15) is 5.11 Å². The Balaban J connectivity index is 2.13. The highest BCUT2D eigenvalue weighted by atomic mass is 16.3. The minimum atomic E-state index is 0.301. The first-order chi connectivity index (χ1) is 8.67. The molecule has 5 heteroatoms. The van der Waals surface area contributed by atoms with Gasteiger partial charge < -0.3 is 15.7 Å². The maximum Gasteiger partial charge on any atom is 0.150 e. The van der Waals surface area contributed by atoms with E-state index in [1.807, 2.05) is 11.7 Å². The second-order valence-corrected chi connectivity index (χ2v) is 5.17. The Kier molecular flexibility index (Phi) is 4.11. The zero-order chi connectivity index (χ0) is 13.1. The number of nitrogen functional groups attached to an aromatic ring is 1. The fourth-order valence-electron chi connectivity index (χ4n) is 2.71. The van der Waals surface area contributed by atoms with E-state index in [4.69, 9.17) is 5.73 Å². The summed E-state index contributed by atoms with van der Waals surface area (Å²) in [5.41, 5.74) is 8.06. The van der Waals surface area contributed by atoms with Gasteiger partial charge >= 0.3 is 0 Å². The molecule has 0 unspecified atom stereocenters. The van der Waals surface area contributed by atoms with E-state index in [0.29, 0.717) is 12.5 Å². The second-order valence-electron chi connectivity index (χ2n) is 5.17. The molecular formula is C13H24N4O. The molecule has 18 heavy (non-hydrogen) atoms. The molecule has 3 N–H and O–H groups in total. The molecular weight excluding hydrogens is 228 g/mol. The molecule has 102 valence electrons. The van der Waals surface area contributed by atoms with Gasteiger partial charge in [-0.15, -0.1) is 0 Å². The van der Waals surface area contributed by atoms with Crippen LogP contribution >= 0.6 is 0 Å². The average Bonchev–Trinajstić information content (AvgIpc) is 2.65. The highest BCUT2D eigenvalue weighted by Crippen LogP contribution is 2.30. The van der Waals surface area contributed by atoms with Gasteiger partial charge in [-0.3, -0.25) is 4.68 Å². The zero-order valence-electron chi connectivity index (χ0n) is 11.4. The van der Waals surface area contributed by atoms with Crippen molar-refractivity contribution in [3.63, 3.8) is 0 Å². The molecule has 0 amide bonds. The topological polar surface area (TPSA) is 67.3 Å². The number of aryl methyl sites for hydroxylation is 2. The minimum absolute atomic E-state index is 0.301. The molecule has 1 fully saturated rings. The number of aliphatic hydroxyl groups is 1. The molecule has 1 aliphatic rings. The Morgan fingerprint density at radius 2 is 2.06 bits per heavy atom. The van der Waals surface area contributed by atoms with E-state index in [-0.39, 0.29) is 0 Å². The maximum absolute atomic E-state index is 9.17. The van der Waals surface area contributed by atoms with E-state index in [1.54, 1.807) is 0 Å². The molecule has 2 heterocycles. The van der Waals surface area contributed by atoms with Gasteiger partial charge in [-0.2, -0.15) is 5.10 Å². The molecule has 5 nitrogen and oxygen atoms in total. The lowest BCUT2D eigenvalue weighted by molar-refractivity contribution is 0.202. The third kappa shape index (κ3) is 2.46. The first-order valence-corrected chi connectivity index (χ1v) is 6.84. The summed E-state index contributed by atoms with van der Waals surface area (Å²) in [5.74, 6) is 1.50. The average molecular weight is 252 g/mol. The lowest BCUT2D eigenvalue weighted by Gasteiger charge is -2.32. The van der Waals surface area contributed by atoms with E-state index >= 15 is 0 Å². The normalized spacial score (nSPS) is 17.4. The van der Waals surface area contributed by atoms with E-state index < -0.39 is 0 Å². The predicted octanol–water partition coefficient (Wildman–Crippen LogP) is 1.16. The van der Waals surface area contributed by atoms with Gasteiger partial charge in [0.2, 0.25) is 0 Å². The van der Waals surface area contributed by atoms with Crippen molar-refractivity contribution >= 4 is 11.5 Å². The van der Waals surface area contributed by atoms with Crippen LogP contribution in [0.25, 0.3) is 0 Å². The van der Waals surface area contributed by atoms with Crippen molar-refractivity contribution in [2.45, 2.75) is 32.6 Å². The first-order valence-electron chi connectivity index (χ1n) is 6.84. The van der Waals surface area contributed by atoms with Gasteiger partial charge in [0.05, 0.1) is 11.4 Å². The SMILES string of the molecule is CCCc1nn(C)c(N2CCC(CO)CC2)c1N. The lowest BCUT2D eigenvalue weighted by atomic mass is 9.98. The highest BCUT2D eigenvalue weighted by molar-refractivity contribution is 5.66. The number of nitrogens with zero attached hydrogens (tertiary/aromatic N) is 3. The van der Waals surface area contributed by atoms with E-state index in [1.165, 1.54) is 0 Å². The van der Waals surface area contributed by atoms with Crippen LogP contribution in [-0.4, -0.2) is 34.6 Å². The number of anilines is 2.